The van der Waals surface area contributed by atoms with Crippen LogP contribution < -0.4 is 10.1 Å². The van der Waals surface area contributed by atoms with E-state index in [1.807, 2.05) is 36.4 Å². The van der Waals surface area contributed by atoms with Crippen molar-refractivity contribution in [3.63, 3.8) is 0 Å². The Morgan fingerprint density at radius 2 is 2.12 bits per heavy atom. The summed E-state index contributed by atoms with van der Waals surface area (Å²) in [5.41, 5.74) is 1.91. The van der Waals surface area contributed by atoms with E-state index < -0.39 is 0 Å². The molecule has 3 aromatic rings. The average Bonchev–Trinajstić information content (AvgIpc) is 3.01. The number of hydrogen-bond donors (Lipinski definition) is 2. The van der Waals surface area contributed by atoms with E-state index in [4.69, 9.17) is 16.3 Å². The molecule has 0 aliphatic rings. The predicted octanol–water partition coefficient (Wildman–Crippen LogP) is 4.44. The van der Waals surface area contributed by atoms with Gasteiger partial charge in [-0.15, -0.1) is 0 Å². The maximum absolute atomic E-state index is 9.43. The van der Waals surface area contributed by atoms with Gasteiger partial charge in [0, 0.05) is 16.9 Å². The van der Waals surface area contributed by atoms with Crippen molar-refractivity contribution in [3.8, 4) is 11.8 Å². The molecule has 0 aliphatic heterocycles. The third kappa shape index (κ3) is 3.97. The monoisotopic (exact) mass is 351 g/mol. The van der Waals surface area contributed by atoms with Crippen LogP contribution in [0, 0.1) is 11.3 Å². The van der Waals surface area contributed by atoms with Crippen LogP contribution in [-0.2, 0) is 0 Å². The number of hydrogen-bond acceptors (Lipinski definition) is 5. The van der Waals surface area contributed by atoms with Crippen LogP contribution in [0.25, 0.3) is 0 Å². The van der Waals surface area contributed by atoms with Crippen LogP contribution in [0.2, 0.25) is 5.02 Å². The van der Waals surface area contributed by atoms with Gasteiger partial charge in [-0.3, -0.25) is 5.10 Å². The molecular formula is C18H14ClN5O. The maximum Gasteiger partial charge on any atom is 0.193 e. The van der Waals surface area contributed by atoms with E-state index in [0.29, 0.717) is 22.2 Å². The number of nitriles is 1. The van der Waals surface area contributed by atoms with Gasteiger partial charge < -0.3 is 10.1 Å². The number of aromatic amines is 1. The minimum Gasteiger partial charge on any atom is -0.497 e. The molecule has 6 nitrogen and oxygen atoms in total. The Morgan fingerprint density at radius 1 is 1.28 bits per heavy atom. The minimum absolute atomic E-state index is 0.301. The zero-order valence-electron chi connectivity index (χ0n) is 13.3. The van der Waals surface area contributed by atoms with Gasteiger partial charge in [-0.25, -0.2) is 4.99 Å². The van der Waals surface area contributed by atoms with Crippen LogP contribution in [0.5, 0.6) is 5.75 Å². The highest BCUT2D eigenvalue weighted by Gasteiger charge is 2.12. The number of H-pyrrole nitrogens is 1. The van der Waals surface area contributed by atoms with Crippen molar-refractivity contribution >= 4 is 35.1 Å². The SMILES string of the molecule is COc1cccc(C=Nc2n[nH]c(Nc3cccc(Cl)c3)c2C#N)c1. The van der Waals surface area contributed by atoms with Crippen molar-refractivity contribution in [2.45, 2.75) is 0 Å². The van der Waals surface area contributed by atoms with Gasteiger partial charge in [0.25, 0.3) is 0 Å². The number of nitrogens with zero attached hydrogens (tertiary/aromatic N) is 3. The molecule has 0 saturated heterocycles. The van der Waals surface area contributed by atoms with Gasteiger partial charge in [0.2, 0.25) is 0 Å². The summed E-state index contributed by atoms with van der Waals surface area (Å²) < 4.78 is 5.18. The molecule has 0 radical (unpaired) electrons. The highest BCUT2D eigenvalue weighted by atomic mass is 35.5. The Kier molecular flexibility index (Phi) is 4.97. The van der Waals surface area contributed by atoms with Gasteiger partial charge in [-0.05, 0) is 35.9 Å². The lowest BCUT2D eigenvalue weighted by molar-refractivity contribution is 0.415. The maximum atomic E-state index is 9.43. The van der Waals surface area contributed by atoms with E-state index in [2.05, 4.69) is 26.6 Å². The summed E-state index contributed by atoms with van der Waals surface area (Å²) in [5.74, 6) is 1.49. The molecule has 25 heavy (non-hydrogen) atoms. The molecule has 0 fully saturated rings. The molecule has 0 spiro atoms. The summed E-state index contributed by atoms with van der Waals surface area (Å²) in [5, 5.41) is 20.0. The molecule has 7 heteroatoms. The van der Waals surface area contributed by atoms with Gasteiger partial charge in [0.1, 0.15) is 23.2 Å². The first-order valence-corrected chi connectivity index (χ1v) is 7.76. The van der Waals surface area contributed by atoms with Crippen molar-refractivity contribution < 1.29 is 4.74 Å². The summed E-state index contributed by atoms with van der Waals surface area (Å²) >= 11 is 5.97. The van der Waals surface area contributed by atoms with Crippen LogP contribution >= 0.6 is 11.6 Å². The Morgan fingerprint density at radius 3 is 2.88 bits per heavy atom. The third-order valence-corrected chi connectivity index (χ3v) is 3.62. The molecule has 3 rings (SSSR count). The number of ether oxygens (including phenoxy) is 1. The van der Waals surface area contributed by atoms with Gasteiger partial charge in [-0.2, -0.15) is 10.4 Å². The van der Waals surface area contributed by atoms with E-state index >= 15 is 0 Å². The zero-order valence-corrected chi connectivity index (χ0v) is 14.1. The number of rotatable bonds is 5. The molecule has 124 valence electrons. The van der Waals surface area contributed by atoms with E-state index in [0.717, 1.165) is 17.0 Å². The Balaban J connectivity index is 1.84. The lowest BCUT2D eigenvalue weighted by Gasteiger charge is -2.03. The van der Waals surface area contributed by atoms with Crippen LogP contribution in [0.3, 0.4) is 0 Å². The molecular weight excluding hydrogens is 338 g/mol. The summed E-state index contributed by atoms with van der Waals surface area (Å²) in [6.45, 7) is 0. The molecule has 0 unspecified atom stereocenters. The summed E-state index contributed by atoms with van der Waals surface area (Å²) in [6.07, 6.45) is 1.63. The predicted molar refractivity (Wildman–Crippen MR) is 98.3 cm³/mol. The Bertz CT molecular complexity index is 958. The third-order valence-electron chi connectivity index (χ3n) is 3.38. The second kappa shape index (κ2) is 7.51. The summed E-state index contributed by atoms with van der Waals surface area (Å²) in [6, 6.07) is 16.7. The van der Waals surface area contributed by atoms with E-state index in [1.165, 1.54) is 0 Å². The second-order valence-corrected chi connectivity index (χ2v) is 5.52. The lowest BCUT2D eigenvalue weighted by Crippen LogP contribution is -1.92. The quantitative estimate of drug-likeness (QED) is 0.665. The number of nitrogens with one attached hydrogen (secondary N) is 2. The van der Waals surface area contributed by atoms with Gasteiger partial charge in [-0.1, -0.05) is 29.8 Å². The molecule has 2 aromatic carbocycles. The first-order chi connectivity index (χ1) is 12.2. The highest BCUT2D eigenvalue weighted by molar-refractivity contribution is 6.30. The van der Waals surface area contributed by atoms with Crippen LogP contribution in [0.4, 0.5) is 17.3 Å². The zero-order chi connectivity index (χ0) is 17.6. The average molecular weight is 352 g/mol. The second-order valence-electron chi connectivity index (χ2n) is 5.08. The van der Waals surface area contributed by atoms with Crippen LogP contribution in [0.15, 0.2) is 53.5 Å². The molecule has 0 aliphatic carbocycles. The molecule has 1 aromatic heterocycles. The fourth-order valence-electron chi connectivity index (χ4n) is 2.19. The van der Waals surface area contributed by atoms with Crippen molar-refractivity contribution in [1.82, 2.24) is 10.2 Å². The largest absolute Gasteiger partial charge is 0.497 e. The van der Waals surface area contributed by atoms with Gasteiger partial charge >= 0.3 is 0 Å². The summed E-state index contributed by atoms with van der Waals surface area (Å²) in [7, 11) is 1.60. The van der Waals surface area contributed by atoms with Gasteiger partial charge in [0.05, 0.1) is 7.11 Å². The molecule has 0 bridgehead atoms. The van der Waals surface area contributed by atoms with E-state index in [-0.39, 0.29) is 0 Å². The number of benzene rings is 2. The van der Waals surface area contributed by atoms with Crippen molar-refractivity contribution in [2.75, 3.05) is 12.4 Å². The van der Waals surface area contributed by atoms with Crippen LogP contribution in [0.1, 0.15) is 11.1 Å². The van der Waals surface area contributed by atoms with E-state index in [1.54, 1.807) is 25.5 Å². The van der Waals surface area contributed by atoms with Crippen LogP contribution in [-0.4, -0.2) is 23.5 Å². The smallest absolute Gasteiger partial charge is 0.193 e. The molecule has 1 heterocycles. The fourth-order valence-corrected chi connectivity index (χ4v) is 2.38. The number of anilines is 2. The fraction of sp³-hybridized carbons (Fsp3) is 0.0556. The van der Waals surface area contributed by atoms with Gasteiger partial charge in [0.15, 0.2) is 5.82 Å². The minimum atomic E-state index is 0.301. The molecule has 0 saturated carbocycles. The molecule has 2 N–H and O–H groups in total. The highest BCUT2D eigenvalue weighted by Crippen LogP contribution is 2.26. The first kappa shape index (κ1) is 16.6. The summed E-state index contributed by atoms with van der Waals surface area (Å²) in [4.78, 5) is 4.29. The topological polar surface area (TPSA) is 86.1 Å². The van der Waals surface area contributed by atoms with E-state index in [9.17, 15) is 5.26 Å². The van der Waals surface area contributed by atoms with Crippen molar-refractivity contribution in [2.24, 2.45) is 4.99 Å². The normalized spacial score (nSPS) is 10.6. The van der Waals surface area contributed by atoms with Crippen molar-refractivity contribution in [1.29, 1.82) is 5.26 Å². The number of aliphatic imine (C=N–C) groups is 1. The standard InChI is InChI=1S/C18H14ClN5O/c1-25-15-7-2-4-12(8-15)11-21-17-16(10-20)18(24-23-17)22-14-6-3-5-13(19)9-14/h2-9,11H,1H3,(H2,22,23,24). The molecule has 0 atom stereocenters. The number of methoxy groups -OCH3 is 1. The van der Waals surface area contributed by atoms with Crippen molar-refractivity contribution in [3.05, 3.63) is 64.7 Å². The Hall–Kier alpha value is -3.30. The lowest BCUT2D eigenvalue weighted by atomic mass is 10.2. The Labute approximate surface area is 149 Å². The first-order valence-electron chi connectivity index (χ1n) is 7.39. The molecule has 0 amide bonds. The number of halogens is 1. The number of aromatic nitrogens is 2.